The van der Waals surface area contributed by atoms with E-state index in [1.807, 2.05) is 30.3 Å². The summed E-state index contributed by atoms with van der Waals surface area (Å²) in [7, 11) is 0. The minimum atomic E-state index is -0.373. The molecule has 0 aromatic heterocycles. The molecule has 0 bridgehead atoms. The van der Waals surface area contributed by atoms with E-state index < -0.39 is 0 Å². The van der Waals surface area contributed by atoms with Gasteiger partial charge in [-0.3, -0.25) is 10.2 Å². The smallest absolute Gasteiger partial charge is 0.291 e. The van der Waals surface area contributed by atoms with E-state index in [9.17, 15) is 4.79 Å². The first-order valence-corrected chi connectivity index (χ1v) is 7.47. The van der Waals surface area contributed by atoms with Crippen LogP contribution in [-0.4, -0.2) is 12.1 Å². The van der Waals surface area contributed by atoms with E-state index in [1.54, 1.807) is 31.2 Å². The number of rotatable bonds is 6. The molecule has 0 fully saturated rings. The van der Waals surface area contributed by atoms with Crippen LogP contribution in [0, 0.1) is 0 Å². The van der Waals surface area contributed by atoms with Crippen molar-refractivity contribution in [1.82, 2.24) is 0 Å². The third-order valence-corrected chi connectivity index (χ3v) is 3.36. The molecule has 2 aromatic carbocycles. The molecule has 23 heavy (non-hydrogen) atoms. The number of ether oxygens (including phenoxy) is 1. The van der Waals surface area contributed by atoms with Crippen molar-refractivity contribution >= 4 is 29.4 Å². The molecule has 0 atom stereocenters. The summed E-state index contributed by atoms with van der Waals surface area (Å²) in [5, 5.41) is 8.83. The van der Waals surface area contributed by atoms with E-state index in [0.29, 0.717) is 16.3 Å². The molecule has 0 aliphatic carbocycles. The van der Waals surface area contributed by atoms with Crippen molar-refractivity contribution in [3.05, 3.63) is 76.5 Å². The van der Waals surface area contributed by atoms with E-state index in [1.165, 1.54) is 6.21 Å². The molecule has 5 heteroatoms. The van der Waals surface area contributed by atoms with Crippen LogP contribution in [0.5, 0.6) is 0 Å². The monoisotopic (exact) mass is 329 g/mol. The second-order valence-corrected chi connectivity index (χ2v) is 5.35. The van der Waals surface area contributed by atoms with Gasteiger partial charge in [-0.25, -0.2) is 0 Å². The molecule has 0 heterocycles. The van der Waals surface area contributed by atoms with Crippen molar-refractivity contribution in [3.8, 4) is 0 Å². The Balaban J connectivity index is 2.12. The highest BCUT2D eigenvalue weighted by atomic mass is 35.5. The zero-order valence-corrected chi connectivity index (χ0v) is 13.5. The number of carbonyl (C=O) groups is 1. The zero-order chi connectivity index (χ0) is 16.7. The molecule has 0 unspecified atom stereocenters. The Bertz CT molecular complexity index is 727. The minimum Gasteiger partial charge on any atom is -0.483 e. The van der Waals surface area contributed by atoms with E-state index >= 15 is 0 Å². The molecule has 0 spiro atoms. The molecule has 4 nitrogen and oxygen atoms in total. The van der Waals surface area contributed by atoms with Crippen molar-refractivity contribution in [1.29, 1.82) is 0 Å². The number of nitrogens with one attached hydrogen (secondary N) is 1. The molecule has 0 radical (unpaired) electrons. The van der Waals surface area contributed by atoms with Gasteiger partial charge in [0.25, 0.3) is 5.91 Å². The Labute approximate surface area is 140 Å². The summed E-state index contributed by atoms with van der Waals surface area (Å²) >= 11 is 5.92. The van der Waals surface area contributed by atoms with Crippen LogP contribution in [0.25, 0.3) is 0 Å². The number of hydrogen-bond donors (Lipinski definition) is 2. The second-order valence-electron chi connectivity index (χ2n) is 4.92. The number of nitrogens with two attached hydrogens (primary N) is 1. The van der Waals surface area contributed by atoms with Crippen LogP contribution in [0.1, 0.15) is 12.5 Å². The Morgan fingerprint density at radius 1 is 1.22 bits per heavy atom. The van der Waals surface area contributed by atoms with Gasteiger partial charge in [-0.1, -0.05) is 48.0 Å². The lowest BCUT2D eigenvalue weighted by atomic mass is 10.2. The first-order chi connectivity index (χ1) is 11.1. The first kappa shape index (κ1) is 16.8. The van der Waals surface area contributed by atoms with Gasteiger partial charge in [0.15, 0.2) is 12.0 Å². The summed E-state index contributed by atoms with van der Waals surface area (Å²) in [6, 6.07) is 16.5. The lowest BCUT2D eigenvalue weighted by molar-refractivity contribution is -0.117. The van der Waals surface area contributed by atoms with Crippen LogP contribution < -0.4 is 10.7 Å². The predicted octanol–water partition coefficient (Wildman–Crippen LogP) is 2.60. The minimum absolute atomic E-state index is 0.177. The van der Waals surface area contributed by atoms with E-state index in [4.69, 9.17) is 21.7 Å². The average molecular weight is 330 g/mol. The molecule has 1 amide bonds. The predicted molar refractivity (Wildman–Crippen MR) is 92.0 cm³/mol. The van der Waals surface area contributed by atoms with Crippen LogP contribution in [-0.2, 0) is 16.1 Å². The summed E-state index contributed by atoms with van der Waals surface area (Å²) in [5.74, 6) is -0.196. The third kappa shape index (κ3) is 4.97. The maximum atomic E-state index is 12.4. The van der Waals surface area contributed by atoms with Crippen molar-refractivity contribution in [2.45, 2.75) is 13.5 Å². The van der Waals surface area contributed by atoms with Crippen molar-refractivity contribution < 1.29 is 14.9 Å². The number of benzene rings is 2. The van der Waals surface area contributed by atoms with Gasteiger partial charge < -0.3 is 10.1 Å². The average Bonchev–Trinajstić information content (AvgIpc) is 2.55. The van der Waals surface area contributed by atoms with Gasteiger partial charge >= 0.3 is 0 Å². The van der Waals surface area contributed by atoms with Gasteiger partial charge in [-0.05, 0) is 30.7 Å². The highest BCUT2D eigenvalue weighted by Crippen LogP contribution is 2.17. The summed E-state index contributed by atoms with van der Waals surface area (Å²) in [6.07, 6.45) is 1.35. The fraction of sp³-hybridized carbons (Fsp3) is 0.111. The lowest BCUT2D eigenvalue weighted by Gasteiger charge is -2.12. The SMILES string of the molecule is C/C(C=[NH2+])=C(\OCc1ccccc1)C(=O)Nc1cccc(Cl)c1. The Hall–Kier alpha value is -2.59. The first-order valence-electron chi connectivity index (χ1n) is 7.09. The highest BCUT2D eigenvalue weighted by Gasteiger charge is 2.16. The molecule has 0 saturated heterocycles. The standard InChI is InChI=1S/C18H17ClN2O2/c1-13(11-20)17(23-12-14-6-3-2-4-7-14)18(22)21-16-9-5-8-15(19)10-16/h2-11,20H,12H2,1H3,(H,21,22)/p+1/b17-13+,20-11?. The Morgan fingerprint density at radius 3 is 2.61 bits per heavy atom. The number of halogens is 1. The molecule has 0 aliphatic heterocycles. The molecule has 3 N–H and O–H groups in total. The van der Waals surface area contributed by atoms with E-state index in [0.717, 1.165) is 5.56 Å². The third-order valence-electron chi connectivity index (χ3n) is 3.12. The molecule has 2 aromatic rings. The van der Waals surface area contributed by atoms with Gasteiger partial charge in [0, 0.05) is 10.7 Å². The number of carbonyl (C=O) groups excluding carboxylic acids is 1. The maximum Gasteiger partial charge on any atom is 0.291 e. The Kier molecular flexibility index (Phi) is 5.94. The zero-order valence-electron chi connectivity index (χ0n) is 12.8. The fourth-order valence-corrected chi connectivity index (χ4v) is 2.11. The molecular weight excluding hydrogens is 312 g/mol. The highest BCUT2D eigenvalue weighted by molar-refractivity contribution is 6.30. The van der Waals surface area contributed by atoms with Crippen molar-refractivity contribution in [2.75, 3.05) is 5.32 Å². The largest absolute Gasteiger partial charge is 0.483 e. The lowest BCUT2D eigenvalue weighted by Crippen LogP contribution is -2.31. The molecule has 0 aliphatic rings. The van der Waals surface area contributed by atoms with Crippen LogP contribution >= 0.6 is 11.6 Å². The molecule has 118 valence electrons. The number of allylic oxidation sites excluding steroid dienone is 1. The summed E-state index contributed by atoms with van der Waals surface area (Å²) in [6.45, 7) is 2.00. The van der Waals surface area contributed by atoms with Gasteiger partial charge in [0.05, 0.1) is 5.57 Å². The number of hydrogen-bond acceptors (Lipinski definition) is 2. The van der Waals surface area contributed by atoms with Gasteiger partial charge in [-0.15, -0.1) is 0 Å². The van der Waals surface area contributed by atoms with Crippen molar-refractivity contribution in [2.24, 2.45) is 0 Å². The maximum absolute atomic E-state index is 12.4. The summed E-state index contributed by atoms with van der Waals surface area (Å²) in [5.41, 5.74) is 2.11. The van der Waals surface area contributed by atoms with E-state index in [2.05, 4.69) is 5.32 Å². The van der Waals surface area contributed by atoms with Gasteiger partial charge in [0.2, 0.25) is 0 Å². The molecule has 2 rings (SSSR count). The summed E-state index contributed by atoms with van der Waals surface area (Å²) < 4.78 is 5.67. The fourth-order valence-electron chi connectivity index (χ4n) is 1.92. The van der Waals surface area contributed by atoms with Crippen LogP contribution in [0.4, 0.5) is 5.69 Å². The van der Waals surface area contributed by atoms with Crippen molar-refractivity contribution in [3.63, 3.8) is 0 Å². The number of anilines is 1. The van der Waals surface area contributed by atoms with Crippen LogP contribution in [0.3, 0.4) is 0 Å². The second kappa shape index (κ2) is 8.15. The Morgan fingerprint density at radius 2 is 1.96 bits per heavy atom. The van der Waals surface area contributed by atoms with Gasteiger partial charge in [0.1, 0.15) is 6.61 Å². The topological polar surface area (TPSA) is 63.9 Å². The molecular formula is C18H18ClN2O2+. The summed E-state index contributed by atoms with van der Waals surface area (Å²) in [4.78, 5) is 12.4. The molecule has 0 saturated carbocycles. The normalized spacial score (nSPS) is 11.4. The van der Waals surface area contributed by atoms with E-state index in [-0.39, 0.29) is 18.3 Å². The van der Waals surface area contributed by atoms with Gasteiger partial charge in [-0.2, -0.15) is 0 Å². The van der Waals surface area contributed by atoms with Crippen LogP contribution in [0.15, 0.2) is 65.9 Å². The quantitative estimate of drug-likeness (QED) is 0.486. The number of amides is 1. The van der Waals surface area contributed by atoms with Crippen LogP contribution in [0.2, 0.25) is 5.02 Å².